The monoisotopic (exact) mass is 350 g/mol. The van der Waals surface area contributed by atoms with Crippen molar-refractivity contribution in [3.05, 3.63) is 39.9 Å². The molecule has 0 spiro atoms. The lowest BCUT2D eigenvalue weighted by Gasteiger charge is -2.35. The van der Waals surface area contributed by atoms with Gasteiger partial charge in [0.1, 0.15) is 9.88 Å². The minimum Gasteiger partial charge on any atom is -0.372 e. The van der Waals surface area contributed by atoms with Crippen LogP contribution in [0.5, 0.6) is 0 Å². The quantitative estimate of drug-likeness (QED) is 0.821. The maximum Gasteiger partial charge on any atom is 0.266 e. The molecule has 2 aromatic rings. The number of hydrogen-bond acceptors (Lipinski definition) is 4. The van der Waals surface area contributed by atoms with E-state index in [0.717, 1.165) is 16.3 Å². The molecule has 1 fully saturated rings. The van der Waals surface area contributed by atoms with Crippen molar-refractivity contribution in [3.63, 3.8) is 0 Å². The largest absolute Gasteiger partial charge is 0.372 e. The second kappa shape index (κ2) is 6.59. The molecule has 0 aliphatic carbocycles. The third-order valence-electron chi connectivity index (χ3n) is 3.79. The van der Waals surface area contributed by atoms with Crippen molar-refractivity contribution in [2.75, 3.05) is 13.1 Å². The van der Waals surface area contributed by atoms with Crippen LogP contribution in [0, 0.1) is 6.92 Å². The first-order valence-corrected chi connectivity index (χ1v) is 8.81. The zero-order valence-electron chi connectivity index (χ0n) is 13.4. The van der Waals surface area contributed by atoms with E-state index >= 15 is 0 Å². The van der Waals surface area contributed by atoms with Gasteiger partial charge in [-0.05, 0) is 32.9 Å². The fourth-order valence-electron chi connectivity index (χ4n) is 2.80. The topological polar surface area (TPSA) is 42.4 Å². The number of carbonyl (C=O) groups excluding carboxylic acids is 1. The van der Waals surface area contributed by atoms with Crippen molar-refractivity contribution in [1.29, 1.82) is 0 Å². The summed E-state index contributed by atoms with van der Waals surface area (Å²) in [7, 11) is 0. The van der Waals surface area contributed by atoms with Crippen LogP contribution in [0.25, 0.3) is 10.6 Å². The lowest BCUT2D eigenvalue weighted by atomic mass is 10.2. The average molecular weight is 351 g/mol. The van der Waals surface area contributed by atoms with Crippen molar-refractivity contribution in [1.82, 2.24) is 9.88 Å². The van der Waals surface area contributed by atoms with Crippen LogP contribution < -0.4 is 0 Å². The summed E-state index contributed by atoms with van der Waals surface area (Å²) < 4.78 is 5.70. The van der Waals surface area contributed by atoms with Gasteiger partial charge in [-0.15, -0.1) is 11.3 Å². The highest BCUT2D eigenvalue weighted by Crippen LogP contribution is 2.30. The predicted molar refractivity (Wildman–Crippen MR) is 93.2 cm³/mol. The molecule has 0 bridgehead atoms. The summed E-state index contributed by atoms with van der Waals surface area (Å²) in [5, 5.41) is 1.53. The molecule has 0 saturated carbocycles. The first kappa shape index (κ1) is 16.4. The molecule has 1 aliphatic heterocycles. The number of benzene rings is 1. The van der Waals surface area contributed by atoms with Crippen LogP contribution in [0.3, 0.4) is 0 Å². The fraction of sp³-hybridized carbons (Fsp3) is 0.412. The Kier molecular flexibility index (Phi) is 4.71. The van der Waals surface area contributed by atoms with Crippen LogP contribution in [0.15, 0.2) is 24.3 Å². The summed E-state index contributed by atoms with van der Waals surface area (Å²) in [6, 6.07) is 7.52. The van der Waals surface area contributed by atoms with Crippen LogP contribution in [0.4, 0.5) is 0 Å². The molecule has 1 aromatic carbocycles. The molecular formula is C17H19ClN2O2S. The van der Waals surface area contributed by atoms with Crippen LogP contribution in [-0.2, 0) is 4.74 Å². The van der Waals surface area contributed by atoms with Gasteiger partial charge in [-0.25, -0.2) is 4.98 Å². The number of halogens is 1. The molecule has 3 rings (SSSR count). The van der Waals surface area contributed by atoms with Gasteiger partial charge in [-0.3, -0.25) is 4.79 Å². The molecule has 23 heavy (non-hydrogen) atoms. The normalized spacial score (nSPS) is 21.5. The van der Waals surface area contributed by atoms with Gasteiger partial charge in [0.05, 0.1) is 17.9 Å². The maximum absolute atomic E-state index is 12.8. The van der Waals surface area contributed by atoms with E-state index in [1.807, 2.05) is 49.9 Å². The number of nitrogens with zero attached hydrogens (tertiary/aromatic N) is 2. The smallest absolute Gasteiger partial charge is 0.266 e. The number of carbonyl (C=O) groups is 1. The number of rotatable bonds is 2. The highest BCUT2D eigenvalue weighted by atomic mass is 35.5. The molecule has 0 radical (unpaired) electrons. The van der Waals surface area contributed by atoms with Crippen molar-refractivity contribution in [2.24, 2.45) is 0 Å². The second-order valence-corrected chi connectivity index (χ2v) is 7.34. The summed E-state index contributed by atoms with van der Waals surface area (Å²) in [5.74, 6) is 0.0437. The Balaban J connectivity index is 1.85. The first-order valence-electron chi connectivity index (χ1n) is 7.62. The molecule has 1 amide bonds. The first-order chi connectivity index (χ1) is 10.9. The van der Waals surface area contributed by atoms with Crippen LogP contribution in [0.2, 0.25) is 5.02 Å². The Morgan fingerprint density at radius 1 is 1.26 bits per heavy atom. The van der Waals surface area contributed by atoms with Crippen LogP contribution in [-0.4, -0.2) is 41.1 Å². The Labute approximate surface area is 145 Å². The Bertz CT molecular complexity index is 704. The van der Waals surface area contributed by atoms with E-state index in [1.54, 1.807) is 0 Å². The van der Waals surface area contributed by atoms with Gasteiger partial charge in [-0.2, -0.15) is 0 Å². The zero-order chi connectivity index (χ0) is 16.6. The fourth-order valence-corrected chi connectivity index (χ4v) is 3.96. The summed E-state index contributed by atoms with van der Waals surface area (Å²) in [6.45, 7) is 7.12. The van der Waals surface area contributed by atoms with Gasteiger partial charge >= 0.3 is 0 Å². The highest BCUT2D eigenvalue weighted by Gasteiger charge is 2.29. The van der Waals surface area contributed by atoms with Gasteiger partial charge < -0.3 is 9.64 Å². The molecule has 0 N–H and O–H groups in total. The van der Waals surface area contributed by atoms with Gasteiger partial charge in [0.2, 0.25) is 0 Å². The zero-order valence-corrected chi connectivity index (χ0v) is 14.9. The SMILES string of the molecule is Cc1nc(-c2ccc(Cl)cc2)sc1C(=O)N1C[C@@H](C)O[C@H](C)C1. The Hall–Kier alpha value is -1.43. The molecule has 1 aliphatic rings. The molecule has 2 atom stereocenters. The van der Waals surface area contributed by atoms with Gasteiger partial charge in [0.25, 0.3) is 5.91 Å². The minimum atomic E-state index is 0.0437. The molecule has 4 nitrogen and oxygen atoms in total. The van der Waals surface area contributed by atoms with Crippen molar-refractivity contribution < 1.29 is 9.53 Å². The number of hydrogen-bond donors (Lipinski definition) is 0. The number of morpholine rings is 1. The van der Waals surface area contributed by atoms with E-state index in [4.69, 9.17) is 16.3 Å². The predicted octanol–water partition coefficient (Wildman–Crippen LogP) is 4.02. The van der Waals surface area contributed by atoms with Gasteiger partial charge in [-0.1, -0.05) is 23.7 Å². The van der Waals surface area contributed by atoms with Crippen LogP contribution >= 0.6 is 22.9 Å². The third-order valence-corrected chi connectivity index (χ3v) is 5.24. The van der Waals surface area contributed by atoms with Crippen molar-refractivity contribution >= 4 is 28.8 Å². The van der Waals surface area contributed by atoms with E-state index < -0.39 is 0 Å². The number of ether oxygens (including phenoxy) is 1. The number of amides is 1. The minimum absolute atomic E-state index is 0.0437. The summed E-state index contributed by atoms with van der Waals surface area (Å²) >= 11 is 7.36. The summed E-state index contributed by atoms with van der Waals surface area (Å²) in [4.78, 5) is 20.0. The Morgan fingerprint density at radius 2 is 1.87 bits per heavy atom. The number of thiazole rings is 1. The maximum atomic E-state index is 12.8. The molecule has 0 unspecified atom stereocenters. The lowest BCUT2D eigenvalue weighted by Crippen LogP contribution is -2.48. The lowest BCUT2D eigenvalue weighted by molar-refractivity contribution is -0.0585. The Morgan fingerprint density at radius 3 is 2.48 bits per heavy atom. The molecule has 1 aromatic heterocycles. The van der Waals surface area contributed by atoms with Crippen molar-refractivity contribution in [3.8, 4) is 10.6 Å². The van der Waals surface area contributed by atoms with Gasteiger partial charge in [0.15, 0.2) is 0 Å². The molecule has 122 valence electrons. The van der Waals surface area contributed by atoms with E-state index in [0.29, 0.717) is 23.0 Å². The number of aryl methyl sites for hydroxylation is 1. The van der Waals surface area contributed by atoms with Crippen molar-refractivity contribution in [2.45, 2.75) is 33.0 Å². The molecule has 6 heteroatoms. The van der Waals surface area contributed by atoms with E-state index in [1.165, 1.54) is 11.3 Å². The van der Waals surface area contributed by atoms with Gasteiger partial charge in [0, 0.05) is 23.7 Å². The standard InChI is InChI=1S/C17H19ClN2O2S/c1-10-8-20(9-11(2)22-10)17(21)15-12(3)19-16(23-15)13-4-6-14(18)7-5-13/h4-7,10-11H,8-9H2,1-3H3/t10-,11-/m1/s1. The van der Waals surface area contributed by atoms with E-state index in [2.05, 4.69) is 4.98 Å². The van der Waals surface area contributed by atoms with E-state index in [-0.39, 0.29) is 18.1 Å². The summed E-state index contributed by atoms with van der Waals surface area (Å²) in [6.07, 6.45) is 0.123. The second-order valence-electron chi connectivity index (χ2n) is 5.91. The van der Waals surface area contributed by atoms with E-state index in [9.17, 15) is 4.79 Å². The molecular weight excluding hydrogens is 332 g/mol. The number of aromatic nitrogens is 1. The molecule has 2 heterocycles. The molecule has 1 saturated heterocycles. The average Bonchev–Trinajstić information content (AvgIpc) is 2.88. The summed E-state index contributed by atoms with van der Waals surface area (Å²) in [5.41, 5.74) is 1.75. The third kappa shape index (κ3) is 3.57. The van der Waals surface area contributed by atoms with Crippen LogP contribution in [0.1, 0.15) is 29.2 Å². The highest BCUT2D eigenvalue weighted by molar-refractivity contribution is 7.17.